The Labute approximate surface area is 125 Å². The Balaban J connectivity index is 2.24. The molecule has 2 aromatic rings. The predicted octanol–water partition coefficient (Wildman–Crippen LogP) is 3.93. The average Bonchev–Trinajstić information content (AvgIpc) is 2.37. The molecule has 0 radical (unpaired) electrons. The lowest BCUT2D eigenvalue weighted by Crippen LogP contribution is -2.13. The summed E-state index contributed by atoms with van der Waals surface area (Å²) in [7, 11) is 0. The van der Waals surface area contributed by atoms with E-state index in [0.717, 1.165) is 11.4 Å². The molecule has 1 aromatic carbocycles. The van der Waals surface area contributed by atoms with Crippen molar-refractivity contribution >= 4 is 11.6 Å². The van der Waals surface area contributed by atoms with Gasteiger partial charge in [0.2, 0.25) is 5.95 Å². The summed E-state index contributed by atoms with van der Waals surface area (Å²) < 4.78 is 0. The zero-order chi connectivity index (χ0) is 15.6. The van der Waals surface area contributed by atoms with Crippen LogP contribution in [-0.2, 0) is 5.41 Å². The summed E-state index contributed by atoms with van der Waals surface area (Å²) in [6, 6.07) is 9.73. The maximum absolute atomic E-state index is 11.7. The molecule has 0 aliphatic carbocycles. The highest BCUT2D eigenvalue weighted by molar-refractivity contribution is 5.54. The first-order valence-electron chi connectivity index (χ1n) is 7.24. The number of nitrogens with one attached hydrogen (secondary N) is 2. The van der Waals surface area contributed by atoms with E-state index in [1.165, 1.54) is 5.56 Å². The minimum absolute atomic E-state index is 0.128. The first-order chi connectivity index (χ1) is 9.75. The van der Waals surface area contributed by atoms with E-state index in [9.17, 15) is 4.79 Å². The summed E-state index contributed by atoms with van der Waals surface area (Å²) in [6.07, 6.45) is 0. The number of aromatic amines is 1. The molecule has 1 heterocycles. The van der Waals surface area contributed by atoms with E-state index in [-0.39, 0.29) is 16.9 Å². The third kappa shape index (κ3) is 3.94. The van der Waals surface area contributed by atoms with Gasteiger partial charge in [-0.3, -0.25) is 9.78 Å². The second-order valence-corrected chi connectivity index (χ2v) is 6.63. The fraction of sp³-hybridized carbons (Fsp3) is 0.412. The highest BCUT2D eigenvalue weighted by atomic mass is 16.1. The van der Waals surface area contributed by atoms with Crippen molar-refractivity contribution in [2.45, 2.75) is 46.0 Å². The Kier molecular flexibility index (Phi) is 4.16. The van der Waals surface area contributed by atoms with Crippen molar-refractivity contribution in [2.24, 2.45) is 0 Å². The third-order valence-electron chi connectivity index (χ3n) is 3.37. The number of anilines is 2. The number of nitrogens with zero attached hydrogens (tertiary/aromatic N) is 1. The largest absolute Gasteiger partial charge is 0.326 e. The van der Waals surface area contributed by atoms with Crippen LogP contribution in [0.15, 0.2) is 35.1 Å². The zero-order valence-electron chi connectivity index (χ0n) is 13.3. The van der Waals surface area contributed by atoms with Gasteiger partial charge in [0.15, 0.2) is 0 Å². The first-order valence-corrected chi connectivity index (χ1v) is 7.24. The SMILES string of the molecule is CC(C)c1cc(=O)[nH]c(Nc2ccc(C(C)(C)C)cc2)n1. The molecule has 4 nitrogen and oxygen atoms in total. The van der Waals surface area contributed by atoms with Crippen LogP contribution in [0.3, 0.4) is 0 Å². The van der Waals surface area contributed by atoms with Gasteiger partial charge in [-0.1, -0.05) is 46.8 Å². The fourth-order valence-corrected chi connectivity index (χ4v) is 2.02. The summed E-state index contributed by atoms with van der Waals surface area (Å²) in [4.78, 5) is 18.8. The molecule has 0 atom stereocenters. The van der Waals surface area contributed by atoms with E-state index in [1.54, 1.807) is 6.07 Å². The van der Waals surface area contributed by atoms with Crippen LogP contribution in [0.4, 0.5) is 11.6 Å². The summed E-state index contributed by atoms with van der Waals surface area (Å²) in [6.45, 7) is 10.6. The maximum atomic E-state index is 11.7. The third-order valence-corrected chi connectivity index (χ3v) is 3.37. The Bertz CT molecular complexity index is 664. The van der Waals surface area contributed by atoms with Crippen LogP contribution >= 0.6 is 0 Å². The molecule has 2 N–H and O–H groups in total. The molecular weight excluding hydrogens is 262 g/mol. The Hall–Kier alpha value is -2.10. The van der Waals surface area contributed by atoms with Gasteiger partial charge >= 0.3 is 0 Å². The normalized spacial score (nSPS) is 11.7. The number of aromatic nitrogens is 2. The second kappa shape index (κ2) is 5.72. The van der Waals surface area contributed by atoms with Crippen LogP contribution in [0, 0.1) is 0 Å². The molecule has 0 spiro atoms. The molecule has 0 unspecified atom stereocenters. The second-order valence-electron chi connectivity index (χ2n) is 6.63. The van der Waals surface area contributed by atoms with Crippen molar-refractivity contribution < 1.29 is 0 Å². The standard InChI is InChI=1S/C17H23N3O/c1-11(2)14-10-15(21)20-16(19-14)18-13-8-6-12(7-9-13)17(3,4)5/h6-11H,1-5H3,(H2,18,19,20,21). The molecule has 1 aromatic heterocycles. The number of hydrogen-bond acceptors (Lipinski definition) is 3. The molecule has 0 saturated carbocycles. The van der Waals surface area contributed by atoms with E-state index in [4.69, 9.17) is 0 Å². The van der Waals surface area contributed by atoms with E-state index in [0.29, 0.717) is 5.95 Å². The van der Waals surface area contributed by atoms with Gasteiger partial charge in [-0.05, 0) is 29.0 Å². The minimum Gasteiger partial charge on any atom is -0.326 e. The van der Waals surface area contributed by atoms with Gasteiger partial charge < -0.3 is 5.32 Å². The summed E-state index contributed by atoms with van der Waals surface area (Å²) in [5.41, 5.74) is 2.95. The lowest BCUT2D eigenvalue weighted by Gasteiger charge is -2.19. The van der Waals surface area contributed by atoms with Gasteiger partial charge in [0.05, 0.1) is 5.69 Å². The molecule has 0 saturated heterocycles. The quantitative estimate of drug-likeness (QED) is 0.898. The highest BCUT2D eigenvalue weighted by Gasteiger charge is 2.13. The molecule has 0 bridgehead atoms. The molecule has 0 aliphatic rings. The van der Waals surface area contributed by atoms with Gasteiger partial charge in [0.1, 0.15) is 0 Å². The predicted molar refractivity (Wildman–Crippen MR) is 87.4 cm³/mol. The lowest BCUT2D eigenvalue weighted by molar-refractivity contribution is 0.590. The first kappa shape index (κ1) is 15.3. The Morgan fingerprint density at radius 2 is 1.76 bits per heavy atom. The van der Waals surface area contributed by atoms with Crippen molar-refractivity contribution in [1.82, 2.24) is 9.97 Å². The monoisotopic (exact) mass is 285 g/mol. The molecule has 0 amide bonds. The molecule has 21 heavy (non-hydrogen) atoms. The van der Waals surface area contributed by atoms with Crippen molar-refractivity contribution in [3.8, 4) is 0 Å². The smallest absolute Gasteiger partial charge is 0.252 e. The Morgan fingerprint density at radius 1 is 1.14 bits per heavy atom. The minimum atomic E-state index is -0.137. The van der Waals surface area contributed by atoms with Crippen LogP contribution in [0.2, 0.25) is 0 Å². The molecule has 0 aliphatic heterocycles. The van der Waals surface area contributed by atoms with Gasteiger partial charge in [0, 0.05) is 11.8 Å². The summed E-state index contributed by atoms with van der Waals surface area (Å²) in [5.74, 6) is 0.700. The van der Waals surface area contributed by atoms with Gasteiger partial charge in [-0.25, -0.2) is 4.98 Å². The van der Waals surface area contributed by atoms with Crippen LogP contribution in [-0.4, -0.2) is 9.97 Å². The number of H-pyrrole nitrogens is 1. The van der Waals surface area contributed by atoms with Crippen molar-refractivity contribution in [3.63, 3.8) is 0 Å². The number of hydrogen-bond donors (Lipinski definition) is 2. The van der Waals surface area contributed by atoms with E-state index in [2.05, 4.69) is 48.2 Å². The molecule has 112 valence electrons. The van der Waals surface area contributed by atoms with Crippen LogP contribution in [0.5, 0.6) is 0 Å². The van der Waals surface area contributed by atoms with Crippen molar-refractivity contribution in [1.29, 1.82) is 0 Å². The van der Waals surface area contributed by atoms with Crippen LogP contribution < -0.4 is 10.9 Å². The number of rotatable bonds is 3. The zero-order valence-corrected chi connectivity index (χ0v) is 13.3. The summed E-state index contributed by atoms with van der Waals surface area (Å²) in [5, 5.41) is 3.15. The topological polar surface area (TPSA) is 57.8 Å². The van der Waals surface area contributed by atoms with Crippen molar-refractivity contribution in [2.75, 3.05) is 5.32 Å². The molecule has 4 heteroatoms. The fourth-order valence-electron chi connectivity index (χ4n) is 2.02. The Morgan fingerprint density at radius 3 is 2.29 bits per heavy atom. The van der Waals surface area contributed by atoms with E-state index >= 15 is 0 Å². The molecule has 0 fully saturated rings. The maximum Gasteiger partial charge on any atom is 0.252 e. The van der Waals surface area contributed by atoms with E-state index < -0.39 is 0 Å². The average molecular weight is 285 g/mol. The van der Waals surface area contributed by atoms with Gasteiger partial charge in [0.25, 0.3) is 5.56 Å². The summed E-state index contributed by atoms with van der Waals surface area (Å²) >= 11 is 0. The molecular formula is C17H23N3O. The van der Waals surface area contributed by atoms with Crippen LogP contribution in [0.1, 0.15) is 51.8 Å². The van der Waals surface area contributed by atoms with Gasteiger partial charge in [-0.2, -0.15) is 0 Å². The highest BCUT2D eigenvalue weighted by Crippen LogP contribution is 2.24. The van der Waals surface area contributed by atoms with Crippen LogP contribution in [0.25, 0.3) is 0 Å². The van der Waals surface area contributed by atoms with E-state index in [1.807, 2.05) is 26.0 Å². The molecule has 2 rings (SSSR count). The van der Waals surface area contributed by atoms with Crippen molar-refractivity contribution in [3.05, 3.63) is 51.9 Å². The van der Waals surface area contributed by atoms with Gasteiger partial charge in [-0.15, -0.1) is 0 Å². The lowest BCUT2D eigenvalue weighted by atomic mass is 9.87. The number of benzene rings is 1.